The Morgan fingerprint density at radius 2 is 1.94 bits per heavy atom. The number of nitrogens with one attached hydrogen (secondary N) is 2. The van der Waals surface area contributed by atoms with Gasteiger partial charge in [-0.15, -0.1) is 0 Å². The van der Waals surface area contributed by atoms with Gasteiger partial charge in [-0.2, -0.15) is 4.98 Å². The minimum atomic E-state index is -0.563. The maximum absolute atomic E-state index is 14.8. The van der Waals surface area contributed by atoms with Crippen molar-refractivity contribution in [2.24, 2.45) is 0 Å². The van der Waals surface area contributed by atoms with Crippen LogP contribution in [0.25, 0.3) is 11.0 Å². The van der Waals surface area contributed by atoms with E-state index in [1.807, 2.05) is 6.07 Å². The lowest BCUT2D eigenvalue weighted by Crippen LogP contribution is -2.36. The lowest BCUT2D eigenvalue weighted by Gasteiger charge is -2.26. The van der Waals surface area contributed by atoms with Crippen molar-refractivity contribution in [3.05, 3.63) is 60.3 Å². The molecule has 4 heterocycles. The van der Waals surface area contributed by atoms with Gasteiger partial charge in [0.15, 0.2) is 11.6 Å². The normalized spacial score (nSPS) is 13.8. The molecule has 10 heteroatoms. The van der Waals surface area contributed by atoms with Gasteiger partial charge in [0.05, 0.1) is 5.39 Å². The van der Waals surface area contributed by atoms with Crippen molar-refractivity contribution in [2.75, 3.05) is 24.1 Å². The highest BCUT2D eigenvalue weighted by Crippen LogP contribution is 2.31. The number of aromatic amines is 1. The molecule has 33 heavy (non-hydrogen) atoms. The van der Waals surface area contributed by atoms with Crippen LogP contribution in [0, 0.1) is 5.82 Å². The first kappa shape index (κ1) is 20.7. The number of pyridine rings is 1. The third-order valence-corrected chi connectivity index (χ3v) is 5.45. The van der Waals surface area contributed by atoms with Gasteiger partial charge in [-0.1, -0.05) is 0 Å². The summed E-state index contributed by atoms with van der Waals surface area (Å²) < 4.78 is 20.6. The molecule has 5 rings (SSSR count). The molecule has 1 amide bonds. The summed E-state index contributed by atoms with van der Waals surface area (Å²) in [6.45, 7) is 1.40. The number of nitrogen functional groups attached to an aromatic ring is 1. The molecule has 1 aliphatic heterocycles. The van der Waals surface area contributed by atoms with Crippen molar-refractivity contribution >= 4 is 34.4 Å². The molecule has 0 radical (unpaired) electrons. The minimum Gasteiger partial charge on any atom is -0.453 e. The van der Waals surface area contributed by atoms with E-state index >= 15 is 0 Å². The zero-order valence-corrected chi connectivity index (χ0v) is 17.7. The minimum absolute atomic E-state index is 0.0333. The summed E-state index contributed by atoms with van der Waals surface area (Å²) in [5, 5.41) is 3.74. The lowest BCUT2D eigenvalue weighted by atomic mass is 10.1. The molecule has 1 aliphatic rings. The summed E-state index contributed by atoms with van der Waals surface area (Å²) in [5.74, 6) is 0.0816. The van der Waals surface area contributed by atoms with E-state index in [1.165, 1.54) is 18.2 Å². The number of halogens is 1. The van der Waals surface area contributed by atoms with Gasteiger partial charge in [0.2, 0.25) is 5.95 Å². The number of rotatable bonds is 5. The molecule has 0 bridgehead atoms. The first-order chi connectivity index (χ1) is 16.1. The topological polar surface area (TPSA) is 122 Å². The molecule has 1 aromatic carbocycles. The van der Waals surface area contributed by atoms with Crippen LogP contribution in [-0.2, 0) is 0 Å². The largest absolute Gasteiger partial charge is 0.453 e. The molecule has 9 nitrogen and oxygen atoms in total. The Hall–Kier alpha value is -4.21. The van der Waals surface area contributed by atoms with Crippen LogP contribution in [0.1, 0.15) is 29.8 Å². The highest BCUT2D eigenvalue weighted by atomic mass is 19.1. The van der Waals surface area contributed by atoms with Crippen LogP contribution in [0.2, 0.25) is 0 Å². The van der Waals surface area contributed by atoms with E-state index in [0.717, 1.165) is 24.6 Å². The predicted octanol–water partition coefficient (Wildman–Crippen LogP) is 4.24. The molecule has 168 valence electrons. The first-order valence-electron chi connectivity index (χ1n) is 10.7. The average molecular weight is 447 g/mol. The molecule has 0 spiro atoms. The van der Waals surface area contributed by atoms with Gasteiger partial charge in [0.1, 0.15) is 22.9 Å². The summed E-state index contributed by atoms with van der Waals surface area (Å²) in [7, 11) is 0. The Morgan fingerprint density at radius 3 is 2.76 bits per heavy atom. The van der Waals surface area contributed by atoms with E-state index in [4.69, 9.17) is 10.5 Å². The zero-order chi connectivity index (χ0) is 22.8. The number of anilines is 3. The van der Waals surface area contributed by atoms with Gasteiger partial charge < -0.3 is 25.7 Å². The second-order valence-corrected chi connectivity index (χ2v) is 7.77. The second kappa shape index (κ2) is 8.73. The average Bonchev–Trinajstić information content (AvgIpc) is 3.30. The number of benzene rings is 1. The van der Waals surface area contributed by atoms with Gasteiger partial charge in [-0.05, 0) is 43.5 Å². The first-order valence-corrected chi connectivity index (χ1v) is 10.7. The monoisotopic (exact) mass is 447 g/mol. The highest BCUT2D eigenvalue weighted by Gasteiger charge is 2.21. The number of fused-ring (bicyclic) bond motifs is 1. The Kier molecular flexibility index (Phi) is 5.47. The number of amides is 1. The Balaban J connectivity index is 1.34. The maximum Gasteiger partial charge on any atom is 0.272 e. The van der Waals surface area contributed by atoms with Crippen LogP contribution in [0.15, 0.2) is 48.8 Å². The van der Waals surface area contributed by atoms with Crippen molar-refractivity contribution in [2.45, 2.75) is 19.3 Å². The number of hydrogen-bond donors (Lipinski definition) is 3. The maximum atomic E-state index is 14.8. The van der Waals surface area contributed by atoms with Gasteiger partial charge in [-0.3, -0.25) is 4.79 Å². The zero-order valence-electron chi connectivity index (χ0n) is 17.7. The third-order valence-electron chi connectivity index (χ3n) is 5.45. The second-order valence-electron chi connectivity index (χ2n) is 7.77. The Bertz CT molecular complexity index is 1320. The van der Waals surface area contributed by atoms with Crippen molar-refractivity contribution in [1.82, 2.24) is 24.8 Å². The smallest absolute Gasteiger partial charge is 0.272 e. The molecule has 0 aliphatic carbocycles. The molecule has 0 unspecified atom stereocenters. The fraction of sp³-hybridized carbons (Fsp3) is 0.217. The van der Waals surface area contributed by atoms with Gasteiger partial charge >= 0.3 is 0 Å². The van der Waals surface area contributed by atoms with Crippen molar-refractivity contribution in [3.63, 3.8) is 0 Å². The Labute approximate surface area is 188 Å². The number of nitrogens with two attached hydrogens (primary N) is 1. The van der Waals surface area contributed by atoms with E-state index in [2.05, 4.69) is 25.3 Å². The van der Waals surface area contributed by atoms with Crippen LogP contribution in [0.3, 0.4) is 0 Å². The van der Waals surface area contributed by atoms with Crippen LogP contribution >= 0.6 is 0 Å². The molecule has 1 saturated heterocycles. The number of aromatic nitrogens is 4. The van der Waals surface area contributed by atoms with Crippen LogP contribution in [0.4, 0.5) is 21.8 Å². The van der Waals surface area contributed by atoms with Crippen molar-refractivity contribution in [1.29, 1.82) is 0 Å². The van der Waals surface area contributed by atoms with Crippen LogP contribution in [0.5, 0.6) is 11.5 Å². The number of nitrogens with zero attached hydrogens (tertiary/aromatic N) is 4. The lowest BCUT2D eigenvalue weighted by molar-refractivity contribution is 0.0718. The number of carbonyl (C=O) groups is 1. The quantitative estimate of drug-likeness (QED) is 0.418. The number of piperidine rings is 1. The number of hydrogen-bond acceptors (Lipinski definition) is 7. The van der Waals surface area contributed by atoms with Gasteiger partial charge in [-0.25, -0.2) is 14.4 Å². The number of H-pyrrole nitrogens is 1. The summed E-state index contributed by atoms with van der Waals surface area (Å²) >= 11 is 0. The fourth-order valence-corrected chi connectivity index (χ4v) is 3.85. The summed E-state index contributed by atoms with van der Waals surface area (Å²) in [6.07, 6.45) is 6.39. The summed E-state index contributed by atoms with van der Waals surface area (Å²) in [4.78, 5) is 29.9. The number of ether oxygens (including phenoxy) is 1. The molecule has 0 atom stereocenters. The fourth-order valence-electron chi connectivity index (χ4n) is 3.85. The predicted molar refractivity (Wildman–Crippen MR) is 122 cm³/mol. The summed E-state index contributed by atoms with van der Waals surface area (Å²) in [6, 6.07) is 9.46. The van der Waals surface area contributed by atoms with Crippen LogP contribution in [-0.4, -0.2) is 43.8 Å². The molecule has 1 fully saturated rings. The summed E-state index contributed by atoms with van der Waals surface area (Å²) in [5.41, 5.74) is 7.11. The van der Waals surface area contributed by atoms with E-state index in [9.17, 15) is 9.18 Å². The number of likely N-dealkylation sites (tertiary alicyclic amines) is 1. The standard InChI is InChI=1S/C23H22FN7O2/c24-16-12-14(4-5-19(16)33-18-7-9-27-21-15(18)6-8-26-21)28-20-13-17(29-23(25)30-20)22(32)31-10-2-1-3-11-31/h4-9,12-13H,1-3,10-11H2,(H,26,27)(H3,25,28,29,30). The SMILES string of the molecule is Nc1nc(Nc2ccc(Oc3ccnc4[nH]ccc34)c(F)c2)cc(C(=O)N2CCCCC2)n1. The molecular formula is C23H22FN7O2. The number of carbonyl (C=O) groups excluding carboxylic acids is 1. The highest BCUT2D eigenvalue weighted by molar-refractivity contribution is 5.93. The molecule has 3 aromatic heterocycles. The van der Waals surface area contributed by atoms with Crippen LogP contribution < -0.4 is 15.8 Å². The van der Waals surface area contributed by atoms with E-state index < -0.39 is 5.82 Å². The van der Waals surface area contributed by atoms with E-state index in [-0.39, 0.29) is 23.3 Å². The van der Waals surface area contributed by atoms with Crippen molar-refractivity contribution in [3.8, 4) is 11.5 Å². The van der Waals surface area contributed by atoms with E-state index in [1.54, 1.807) is 29.4 Å². The molecule has 4 aromatic rings. The third kappa shape index (κ3) is 4.40. The Morgan fingerprint density at radius 1 is 1.09 bits per heavy atom. The van der Waals surface area contributed by atoms with E-state index in [0.29, 0.717) is 36.0 Å². The van der Waals surface area contributed by atoms with Gasteiger partial charge in [0.25, 0.3) is 5.91 Å². The van der Waals surface area contributed by atoms with Gasteiger partial charge in [0, 0.05) is 43.3 Å². The molecular weight excluding hydrogens is 425 g/mol. The molecule has 4 N–H and O–H groups in total. The van der Waals surface area contributed by atoms with Crippen molar-refractivity contribution < 1.29 is 13.9 Å². The molecule has 0 saturated carbocycles.